The summed E-state index contributed by atoms with van der Waals surface area (Å²) < 4.78 is 20.4. The lowest BCUT2D eigenvalue weighted by molar-refractivity contribution is 0.436. The van der Waals surface area contributed by atoms with Crippen LogP contribution in [0.2, 0.25) is 5.02 Å². The van der Waals surface area contributed by atoms with Gasteiger partial charge < -0.3 is 10.1 Å². The van der Waals surface area contributed by atoms with Gasteiger partial charge in [-0.2, -0.15) is 0 Å². The third kappa shape index (κ3) is 3.72. The van der Waals surface area contributed by atoms with Crippen molar-refractivity contribution in [1.82, 2.24) is 5.32 Å². The number of hydrogen-bond acceptors (Lipinski definition) is 2. The summed E-state index contributed by atoms with van der Waals surface area (Å²) in [5.41, 5.74) is 0.953. The molecule has 0 heterocycles. The SMILES string of the molecule is CCNCc1ccc(Br)cc1Oc1cccc(Cl)c1F. The van der Waals surface area contributed by atoms with Crippen molar-refractivity contribution in [3.05, 3.63) is 57.3 Å². The lowest BCUT2D eigenvalue weighted by Crippen LogP contribution is -2.12. The monoisotopic (exact) mass is 357 g/mol. The molecule has 2 rings (SSSR count). The molecule has 5 heteroatoms. The maximum atomic E-state index is 13.9. The molecule has 0 aliphatic heterocycles. The summed E-state index contributed by atoms with van der Waals surface area (Å²) in [6.07, 6.45) is 0. The summed E-state index contributed by atoms with van der Waals surface area (Å²) >= 11 is 9.15. The second kappa shape index (κ2) is 7.07. The average molecular weight is 359 g/mol. The van der Waals surface area contributed by atoms with E-state index in [1.807, 2.05) is 25.1 Å². The van der Waals surface area contributed by atoms with Crippen LogP contribution < -0.4 is 10.1 Å². The number of nitrogens with one attached hydrogen (secondary N) is 1. The molecule has 2 aromatic rings. The Hall–Kier alpha value is -1.10. The first-order valence-electron chi connectivity index (χ1n) is 6.23. The van der Waals surface area contributed by atoms with Crippen LogP contribution in [-0.4, -0.2) is 6.54 Å². The highest BCUT2D eigenvalue weighted by molar-refractivity contribution is 9.10. The van der Waals surface area contributed by atoms with Gasteiger partial charge in [-0.1, -0.05) is 46.6 Å². The van der Waals surface area contributed by atoms with Crippen molar-refractivity contribution >= 4 is 27.5 Å². The Morgan fingerprint density at radius 3 is 2.80 bits per heavy atom. The minimum Gasteiger partial charge on any atom is -0.454 e. The summed E-state index contributed by atoms with van der Waals surface area (Å²) in [5, 5.41) is 3.27. The van der Waals surface area contributed by atoms with E-state index in [9.17, 15) is 4.39 Å². The van der Waals surface area contributed by atoms with Gasteiger partial charge in [-0.3, -0.25) is 0 Å². The molecule has 2 aromatic carbocycles. The molecule has 0 saturated heterocycles. The second-order valence-electron chi connectivity index (χ2n) is 4.19. The van der Waals surface area contributed by atoms with Crippen molar-refractivity contribution in [1.29, 1.82) is 0 Å². The van der Waals surface area contributed by atoms with Crippen molar-refractivity contribution in [3.63, 3.8) is 0 Å². The van der Waals surface area contributed by atoms with Crippen LogP contribution in [0.15, 0.2) is 40.9 Å². The fourth-order valence-electron chi connectivity index (χ4n) is 1.71. The minimum atomic E-state index is -0.552. The quantitative estimate of drug-likeness (QED) is 0.798. The molecule has 0 aromatic heterocycles. The molecule has 106 valence electrons. The Labute approximate surface area is 131 Å². The highest BCUT2D eigenvalue weighted by Crippen LogP contribution is 2.32. The van der Waals surface area contributed by atoms with Crippen molar-refractivity contribution in [2.24, 2.45) is 0 Å². The normalized spacial score (nSPS) is 10.6. The van der Waals surface area contributed by atoms with Gasteiger partial charge in [0.05, 0.1) is 5.02 Å². The number of hydrogen-bond donors (Lipinski definition) is 1. The fraction of sp³-hybridized carbons (Fsp3) is 0.200. The largest absolute Gasteiger partial charge is 0.454 e. The third-order valence-corrected chi connectivity index (χ3v) is 3.52. The lowest BCUT2D eigenvalue weighted by atomic mass is 10.2. The molecule has 2 nitrogen and oxygen atoms in total. The van der Waals surface area contributed by atoms with Gasteiger partial charge >= 0.3 is 0 Å². The average Bonchev–Trinajstić information content (AvgIpc) is 2.43. The Morgan fingerprint density at radius 2 is 2.05 bits per heavy atom. The Morgan fingerprint density at radius 1 is 1.25 bits per heavy atom. The summed E-state index contributed by atoms with van der Waals surface area (Å²) in [6, 6.07) is 10.4. The standard InChI is InChI=1S/C15H14BrClFNO/c1-2-19-9-10-6-7-11(16)8-14(10)20-13-5-3-4-12(17)15(13)18/h3-8,19H,2,9H2,1H3. The van der Waals surface area contributed by atoms with E-state index >= 15 is 0 Å². The molecule has 20 heavy (non-hydrogen) atoms. The zero-order valence-electron chi connectivity index (χ0n) is 10.9. The van der Waals surface area contributed by atoms with E-state index in [2.05, 4.69) is 21.2 Å². The minimum absolute atomic E-state index is 0.0470. The smallest absolute Gasteiger partial charge is 0.184 e. The van der Waals surface area contributed by atoms with E-state index in [0.29, 0.717) is 12.3 Å². The molecule has 0 saturated carbocycles. The van der Waals surface area contributed by atoms with E-state index in [1.165, 1.54) is 6.07 Å². The molecule has 0 radical (unpaired) electrons. The van der Waals surface area contributed by atoms with Gasteiger partial charge in [0.2, 0.25) is 0 Å². The molecule has 0 atom stereocenters. The zero-order valence-corrected chi connectivity index (χ0v) is 13.3. The first-order valence-corrected chi connectivity index (χ1v) is 7.40. The predicted molar refractivity (Wildman–Crippen MR) is 83.0 cm³/mol. The zero-order chi connectivity index (χ0) is 14.5. The number of halogens is 3. The predicted octanol–water partition coefficient (Wildman–Crippen LogP) is 5.14. The molecule has 0 unspecified atom stereocenters. The molecule has 0 spiro atoms. The molecule has 0 fully saturated rings. The first kappa shape index (κ1) is 15.3. The van der Waals surface area contributed by atoms with Crippen LogP contribution in [0, 0.1) is 5.82 Å². The van der Waals surface area contributed by atoms with Gasteiger partial charge in [0, 0.05) is 16.6 Å². The van der Waals surface area contributed by atoms with E-state index in [-0.39, 0.29) is 10.8 Å². The Bertz CT molecular complexity index is 606. The van der Waals surface area contributed by atoms with Crippen molar-refractivity contribution < 1.29 is 9.13 Å². The van der Waals surface area contributed by atoms with Gasteiger partial charge in [-0.05, 0) is 30.8 Å². The molecule has 1 N–H and O–H groups in total. The Kier molecular flexibility index (Phi) is 5.40. The summed E-state index contributed by atoms with van der Waals surface area (Å²) in [4.78, 5) is 0. The van der Waals surface area contributed by atoms with Gasteiger partial charge in [-0.25, -0.2) is 4.39 Å². The maximum Gasteiger partial charge on any atom is 0.184 e. The summed E-state index contributed by atoms with van der Waals surface area (Å²) in [6.45, 7) is 3.53. The van der Waals surface area contributed by atoms with Crippen molar-refractivity contribution in [2.45, 2.75) is 13.5 Å². The van der Waals surface area contributed by atoms with Crippen LogP contribution in [-0.2, 0) is 6.54 Å². The molecule has 0 aliphatic rings. The third-order valence-electron chi connectivity index (χ3n) is 2.73. The van der Waals surface area contributed by atoms with Gasteiger partial charge in [0.1, 0.15) is 5.75 Å². The van der Waals surface area contributed by atoms with Crippen molar-refractivity contribution in [2.75, 3.05) is 6.54 Å². The molecular weight excluding hydrogens is 345 g/mol. The van der Waals surface area contributed by atoms with E-state index in [1.54, 1.807) is 12.1 Å². The van der Waals surface area contributed by atoms with E-state index < -0.39 is 5.82 Å². The topological polar surface area (TPSA) is 21.3 Å². The van der Waals surface area contributed by atoms with Gasteiger partial charge in [0.15, 0.2) is 11.6 Å². The van der Waals surface area contributed by atoms with E-state index in [0.717, 1.165) is 16.6 Å². The summed E-state index contributed by atoms with van der Waals surface area (Å²) in [7, 11) is 0. The molecular formula is C15H14BrClFNO. The number of benzene rings is 2. The lowest BCUT2D eigenvalue weighted by Gasteiger charge is -2.13. The highest BCUT2D eigenvalue weighted by atomic mass is 79.9. The van der Waals surface area contributed by atoms with Gasteiger partial charge in [0.25, 0.3) is 0 Å². The fourth-order valence-corrected chi connectivity index (χ4v) is 2.22. The van der Waals surface area contributed by atoms with Crippen molar-refractivity contribution in [3.8, 4) is 11.5 Å². The molecule has 0 aliphatic carbocycles. The molecule has 0 bridgehead atoms. The number of rotatable bonds is 5. The maximum absolute atomic E-state index is 13.9. The Balaban J connectivity index is 2.31. The molecule has 0 amide bonds. The van der Waals surface area contributed by atoms with Crippen LogP contribution in [0.4, 0.5) is 4.39 Å². The van der Waals surface area contributed by atoms with Crippen LogP contribution in [0.1, 0.15) is 12.5 Å². The van der Waals surface area contributed by atoms with Gasteiger partial charge in [-0.15, -0.1) is 0 Å². The highest BCUT2D eigenvalue weighted by Gasteiger charge is 2.11. The first-order chi connectivity index (χ1) is 9.61. The van der Waals surface area contributed by atoms with Crippen LogP contribution in [0.5, 0.6) is 11.5 Å². The summed E-state index contributed by atoms with van der Waals surface area (Å²) in [5.74, 6) is 0.165. The number of ether oxygens (including phenoxy) is 1. The van der Waals surface area contributed by atoms with Crippen LogP contribution in [0.25, 0.3) is 0 Å². The van der Waals surface area contributed by atoms with E-state index in [4.69, 9.17) is 16.3 Å². The second-order valence-corrected chi connectivity index (χ2v) is 5.51. The van der Waals surface area contributed by atoms with Crippen LogP contribution >= 0.6 is 27.5 Å². The van der Waals surface area contributed by atoms with Crippen LogP contribution in [0.3, 0.4) is 0 Å².